The Labute approximate surface area is 275 Å². The van der Waals surface area contributed by atoms with Gasteiger partial charge in [0.1, 0.15) is 18.0 Å². The van der Waals surface area contributed by atoms with Crippen LogP contribution in [0.2, 0.25) is 0 Å². The number of nitrogens with zero attached hydrogens (tertiary/aromatic N) is 7. The Balaban J connectivity index is 1.31. The van der Waals surface area contributed by atoms with Crippen molar-refractivity contribution in [3.8, 4) is 12.1 Å². The van der Waals surface area contributed by atoms with Crippen molar-refractivity contribution in [1.29, 1.82) is 5.26 Å². The van der Waals surface area contributed by atoms with Gasteiger partial charge in [-0.2, -0.15) is 15.2 Å². The fraction of sp³-hybridized carbons (Fsp3) is 0.514. The molecule has 3 aliphatic rings. The zero-order valence-electron chi connectivity index (χ0n) is 27.6. The third kappa shape index (κ3) is 6.84. The van der Waals surface area contributed by atoms with E-state index < -0.39 is 17.7 Å². The zero-order valence-corrected chi connectivity index (χ0v) is 27.6. The molecule has 12 nitrogen and oxygen atoms in total. The van der Waals surface area contributed by atoms with Gasteiger partial charge in [0, 0.05) is 49.4 Å². The Bertz CT molecular complexity index is 1690. The lowest BCUT2D eigenvalue weighted by Gasteiger charge is -2.41. The van der Waals surface area contributed by atoms with Gasteiger partial charge in [-0.3, -0.25) is 0 Å². The molecule has 12 heteroatoms. The molecule has 0 aliphatic carbocycles. The molecule has 47 heavy (non-hydrogen) atoms. The summed E-state index contributed by atoms with van der Waals surface area (Å²) in [5.41, 5.74) is 3.64. The Morgan fingerprint density at radius 3 is 2.55 bits per heavy atom. The Morgan fingerprint density at radius 1 is 1.02 bits per heavy atom. The minimum absolute atomic E-state index is 0.0931. The fourth-order valence-corrected chi connectivity index (χ4v) is 7.01. The van der Waals surface area contributed by atoms with Crippen molar-refractivity contribution < 1.29 is 24.2 Å². The molecule has 0 spiro atoms. The van der Waals surface area contributed by atoms with E-state index in [0.29, 0.717) is 32.6 Å². The van der Waals surface area contributed by atoms with Crippen LogP contribution in [-0.2, 0) is 17.7 Å². The van der Waals surface area contributed by atoms with Gasteiger partial charge in [0.2, 0.25) is 0 Å². The number of anilines is 2. The van der Waals surface area contributed by atoms with Gasteiger partial charge in [-0.15, -0.1) is 0 Å². The topological polar surface area (TPSA) is 135 Å². The highest BCUT2D eigenvalue weighted by atomic mass is 16.6. The van der Waals surface area contributed by atoms with Crippen LogP contribution in [0.3, 0.4) is 0 Å². The minimum atomic E-state index is -1.02. The summed E-state index contributed by atoms with van der Waals surface area (Å²) in [7, 11) is 0. The number of aromatic nitrogens is 2. The first-order valence-electron chi connectivity index (χ1n) is 16.4. The molecule has 2 saturated heterocycles. The smallest absolute Gasteiger partial charge is 0.410 e. The first kappa shape index (κ1) is 32.2. The molecule has 2 amide bonds. The lowest BCUT2D eigenvalue weighted by molar-refractivity contribution is 0.0183. The second-order valence-corrected chi connectivity index (χ2v) is 13.6. The number of carbonyl (C=O) groups excluding carboxylic acids is 1. The monoisotopic (exact) mass is 641 g/mol. The van der Waals surface area contributed by atoms with Crippen LogP contribution in [0.15, 0.2) is 36.4 Å². The molecule has 248 valence electrons. The van der Waals surface area contributed by atoms with E-state index in [9.17, 15) is 20.0 Å². The second-order valence-electron chi connectivity index (χ2n) is 13.6. The summed E-state index contributed by atoms with van der Waals surface area (Å²) < 4.78 is 11.9. The Morgan fingerprint density at radius 2 is 1.81 bits per heavy atom. The zero-order chi connectivity index (χ0) is 33.3. The third-order valence-electron chi connectivity index (χ3n) is 9.22. The lowest BCUT2D eigenvalue weighted by Crippen LogP contribution is -2.55. The number of hydrogen-bond acceptors (Lipinski definition) is 9. The number of ether oxygens (including phenoxy) is 2. The van der Waals surface area contributed by atoms with Gasteiger partial charge in [-0.05, 0) is 64.0 Å². The predicted octanol–water partition coefficient (Wildman–Crippen LogP) is 5.36. The quantitative estimate of drug-likeness (QED) is 0.375. The first-order chi connectivity index (χ1) is 22.5. The van der Waals surface area contributed by atoms with E-state index in [1.807, 2.05) is 20.8 Å². The van der Waals surface area contributed by atoms with Crippen molar-refractivity contribution in [2.24, 2.45) is 0 Å². The van der Waals surface area contributed by atoms with Gasteiger partial charge in [0.15, 0.2) is 0 Å². The Kier molecular flexibility index (Phi) is 8.99. The van der Waals surface area contributed by atoms with E-state index in [0.717, 1.165) is 42.1 Å². The van der Waals surface area contributed by atoms with Gasteiger partial charge >= 0.3 is 18.2 Å². The van der Waals surface area contributed by atoms with E-state index in [4.69, 9.17) is 19.4 Å². The van der Waals surface area contributed by atoms with Crippen LogP contribution in [0.4, 0.5) is 21.1 Å². The molecule has 1 N–H and O–H groups in total. The van der Waals surface area contributed by atoms with E-state index in [1.54, 1.807) is 4.90 Å². The molecular weight excluding hydrogens is 598 g/mol. The molecular formula is C35H43N7O5. The third-order valence-corrected chi connectivity index (χ3v) is 9.22. The largest absolute Gasteiger partial charge is 0.465 e. The van der Waals surface area contributed by atoms with Gasteiger partial charge in [0.25, 0.3) is 0 Å². The highest BCUT2D eigenvalue weighted by Gasteiger charge is 2.35. The number of hydrogen-bond donors (Lipinski definition) is 1. The van der Waals surface area contributed by atoms with Crippen LogP contribution in [0.5, 0.6) is 6.01 Å². The van der Waals surface area contributed by atoms with E-state index in [-0.39, 0.29) is 37.7 Å². The number of nitriles is 1. The van der Waals surface area contributed by atoms with Crippen molar-refractivity contribution in [3.05, 3.63) is 53.2 Å². The molecule has 3 aliphatic heterocycles. The lowest BCUT2D eigenvalue weighted by atomic mass is 9.99. The number of carboxylic acid groups (broad SMARTS) is 1. The molecule has 2 aromatic carbocycles. The van der Waals surface area contributed by atoms with Crippen LogP contribution >= 0.6 is 0 Å². The van der Waals surface area contributed by atoms with Gasteiger partial charge in [-0.1, -0.05) is 30.3 Å². The number of benzene rings is 2. The van der Waals surface area contributed by atoms with Gasteiger partial charge in [0.05, 0.1) is 36.8 Å². The highest BCUT2D eigenvalue weighted by molar-refractivity contribution is 5.97. The number of rotatable bonds is 6. The predicted molar refractivity (Wildman–Crippen MR) is 178 cm³/mol. The number of carbonyl (C=O) groups is 2. The highest BCUT2D eigenvalue weighted by Crippen LogP contribution is 2.36. The SMILES string of the molecule is Cc1cccc2cccc(N3CCc4c(nc(OCC5CCCN5C(=O)OC(C)(C)C)nc4N4CCN(C(=O)O)C(CC#N)C4)C3)c12. The van der Waals surface area contributed by atoms with Crippen molar-refractivity contribution in [3.63, 3.8) is 0 Å². The number of piperazine rings is 1. The number of amides is 2. The number of aryl methyl sites for hydroxylation is 1. The van der Waals surface area contributed by atoms with Crippen LogP contribution in [-0.4, -0.2) is 94.1 Å². The van der Waals surface area contributed by atoms with Crippen LogP contribution in [0.25, 0.3) is 10.8 Å². The summed E-state index contributed by atoms with van der Waals surface area (Å²) in [4.78, 5) is 42.2. The molecule has 2 atom stereocenters. The van der Waals surface area contributed by atoms with E-state index in [2.05, 4.69) is 59.2 Å². The van der Waals surface area contributed by atoms with E-state index in [1.165, 1.54) is 21.2 Å². The average Bonchev–Trinajstić information content (AvgIpc) is 3.51. The molecule has 0 radical (unpaired) electrons. The number of fused-ring (bicyclic) bond motifs is 2. The molecule has 4 heterocycles. The summed E-state index contributed by atoms with van der Waals surface area (Å²) in [5.74, 6) is 0.724. The maximum Gasteiger partial charge on any atom is 0.410 e. The van der Waals surface area contributed by atoms with E-state index >= 15 is 0 Å². The summed E-state index contributed by atoms with van der Waals surface area (Å²) in [6.07, 6.45) is 1.07. The molecule has 1 aromatic heterocycles. The summed E-state index contributed by atoms with van der Waals surface area (Å²) in [6.45, 7) is 10.9. The van der Waals surface area contributed by atoms with Crippen molar-refractivity contribution >= 4 is 34.5 Å². The van der Waals surface area contributed by atoms with Crippen LogP contribution in [0, 0.1) is 18.3 Å². The standard InChI is InChI=1S/C35H43N7O5/c1-23-8-5-9-24-10-6-12-29(30(23)24)39-17-14-27-28(21-39)37-32(46-22-26-11-7-16-42(26)34(45)47-35(2,3)4)38-31(27)40-18-19-41(33(43)44)25(20-40)13-15-36/h5-6,8-10,12,25-26H,7,11,13-14,16-22H2,1-4H3,(H,43,44). The van der Waals surface area contributed by atoms with Crippen molar-refractivity contribution in [2.75, 3.05) is 49.1 Å². The molecule has 3 aromatic rings. The average molecular weight is 642 g/mol. The summed E-state index contributed by atoms with van der Waals surface area (Å²) in [5, 5.41) is 21.6. The normalized spacial score (nSPS) is 19.8. The molecule has 2 fully saturated rings. The maximum absolute atomic E-state index is 12.9. The van der Waals surface area contributed by atoms with Crippen LogP contribution in [0.1, 0.15) is 56.9 Å². The minimum Gasteiger partial charge on any atom is -0.465 e. The van der Waals surface area contributed by atoms with Gasteiger partial charge < -0.3 is 34.2 Å². The van der Waals surface area contributed by atoms with Crippen molar-refractivity contribution in [1.82, 2.24) is 19.8 Å². The van der Waals surface area contributed by atoms with Crippen molar-refractivity contribution in [2.45, 2.75) is 77.6 Å². The summed E-state index contributed by atoms with van der Waals surface area (Å²) in [6, 6.07) is 14.5. The molecule has 2 unspecified atom stereocenters. The van der Waals surface area contributed by atoms with Crippen LogP contribution < -0.4 is 14.5 Å². The van der Waals surface area contributed by atoms with Gasteiger partial charge in [-0.25, -0.2) is 9.59 Å². The fourth-order valence-electron chi connectivity index (χ4n) is 7.01. The Hall–Kier alpha value is -4.79. The first-order valence-corrected chi connectivity index (χ1v) is 16.4. The molecule has 0 bridgehead atoms. The maximum atomic E-state index is 12.9. The summed E-state index contributed by atoms with van der Waals surface area (Å²) >= 11 is 0. The second kappa shape index (κ2) is 13.1. The molecule has 0 saturated carbocycles. The number of likely N-dealkylation sites (tertiary alicyclic amines) is 1. The molecule has 6 rings (SSSR count).